The monoisotopic (exact) mass is 470 g/mol. The predicted molar refractivity (Wildman–Crippen MR) is 135 cm³/mol. The molecule has 0 heterocycles. The number of nitrogens with one attached hydrogen (secondary N) is 2. The molecule has 6 heteroatoms. The van der Waals surface area contributed by atoms with Gasteiger partial charge in [-0.3, -0.25) is 4.79 Å². The molecule has 0 atom stereocenters. The SMILES string of the molecule is O=C(NCCc1ccccc1)c1ccc(-c2ccc(S(=O)(=O)NCc3ccccc3)cc2)cc1. The standard InChI is InChI=1S/C28H26N2O3S/c31-28(29-20-19-22-7-3-1-4-8-22)26-13-11-24(12-14-26)25-15-17-27(18-16-25)34(32,33)30-21-23-9-5-2-6-10-23/h1-18,30H,19-21H2,(H,29,31). The second kappa shape index (κ2) is 10.9. The predicted octanol–water partition coefficient (Wildman–Crippen LogP) is 4.80. The quantitative estimate of drug-likeness (QED) is 0.369. The van der Waals surface area contributed by atoms with Gasteiger partial charge < -0.3 is 5.32 Å². The van der Waals surface area contributed by atoms with Crippen LogP contribution in [0.2, 0.25) is 0 Å². The highest BCUT2D eigenvalue weighted by Crippen LogP contribution is 2.22. The van der Waals surface area contributed by atoms with Crippen LogP contribution in [0, 0.1) is 0 Å². The normalized spacial score (nSPS) is 11.2. The Balaban J connectivity index is 1.34. The summed E-state index contributed by atoms with van der Waals surface area (Å²) >= 11 is 0. The Morgan fingerprint density at radius 2 is 1.18 bits per heavy atom. The van der Waals surface area contributed by atoms with Crippen LogP contribution in [0.25, 0.3) is 11.1 Å². The lowest BCUT2D eigenvalue weighted by molar-refractivity contribution is 0.0954. The van der Waals surface area contributed by atoms with Crippen molar-refractivity contribution in [2.75, 3.05) is 6.54 Å². The van der Waals surface area contributed by atoms with Crippen LogP contribution < -0.4 is 10.0 Å². The molecule has 172 valence electrons. The van der Waals surface area contributed by atoms with E-state index in [9.17, 15) is 13.2 Å². The van der Waals surface area contributed by atoms with Gasteiger partial charge in [0.05, 0.1) is 4.90 Å². The maximum atomic E-state index is 12.6. The Labute approximate surface area is 200 Å². The van der Waals surface area contributed by atoms with E-state index in [0.29, 0.717) is 12.1 Å². The molecule has 0 unspecified atom stereocenters. The van der Waals surface area contributed by atoms with E-state index in [2.05, 4.69) is 10.0 Å². The molecule has 0 aliphatic heterocycles. The summed E-state index contributed by atoms with van der Waals surface area (Å²) in [5, 5.41) is 2.94. The number of rotatable bonds is 9. The maximum absolute atomic E-state index is 12.6. The maximum Gasteiger partial charge on any atom is 0.251 e. The molecule has 0 aliphatic carbocycles. The number of amides is 1. The van der Waals surface area contributed by atoms with Crippen molar-refractivity contribution in [1.29, 1.82) is 0 Å². The van der Waals surface area contributed by atoms with Crippen molar-refractivity contribution in [2.45, 2.75) is 17.9 Å². The highest BCUT2D eigenvalue weighted by molar-refractivity contribution is 7.89. The molecule has 0 spiro atoms. The number of carbonyl (C=O) groups is 1. The molecule has 0 aromatic heterocycles. The molecule has 0 saturated carbocycles. The first kappa shape index (κ1) is 23.4. The van der Waals surface area contributed by atoms with E-state index >= 15 is 0 Å². The van der Waals surface area contributed by atoms with E-state index in [1.165, 1.54) is 5.56 Å². The average Bonchev–Trinajstić information content (AvgIpc) is 2.89. The molecule has 0 bridgehead atoms. The van der Waals surface area contributed by atoms with Crippen LogP contribution in [0.1, 0.15) is 21.5 Å². The lowest BCUT2D eigenvalue weighted by atomic mass is 10.0. The molecule has 5 nitrogen and oxygen atoms in total. The van der Waals surface area contributed by atoms with Crippen LogP contribution >= 0.6 is 0 Å². The summed E-state index contributed by atoms with van der Waals surface area (Å²) in [5.74, 6) is -0.117. The lowest BCUT2D eigenvalue weighted by Crippen LogP contribution is -2.25. The Hall–Kier alpha value is -3.74. The molecule has 4 rings (SSSR count). The van der Waals surface area contributed by atoms with Gasteiger partial charge >= 0.3 is 0 Å². The summed E-state index contributed by atoms with van der Waals surface area (Å²) < 4.78 is 27.8. The molecular weight excluding hydrogens is 444 g/mol. The van der Waals surface area contributed by atoms with Crippen molar-refractivity contribution < 1.29 is 13.2 Å². The van der Waals surface area contributed by atoms with Crippen LogP contribution in [-0.2, 0) is 23.0 Å². The zero-order chi connectivity index (χ0) is 23.8. The van der Waals surface area contributed by atoms with E-state index in [0.717, 1.165) is 23.1 Å². The van der Waals surface area contributed by atoms with Gasteiger partial charge in [-0.15, -0.1) is 0 Å². The Bertz CT molecular complexity index is 1320. The second-order valence-electron chi connectivity index (χ2n) is 7.90. The van der Waals surface area contributed by atoms with Gasteiger partial charge in [0.25, 0.3) is 5.91 Å². The number of hydrogen-bond donors (Lipinski definition) is 2. The fourth-order valence-electron chi connectivity index (χ4n) is 3.57. The van der Waals surface area contributed by atoms with Crippen LogP contribution in [-0.4, -0.2) is 20.9 Å². The molecule has 0 radical (unpaired) electrons. The Morgan fingerprint density at radius 1 is 0.647 bits per heavy atom. The van der Waals surface area contributed by atoms with Gasteiger partial charge in [0, 0.05) is 18.7 Å². The third-order valence-corrected chi connectivity index (χ3v) is 6.91. The largest absolute Gasteiger partial charge is 0.352 e. The fourth-order valence-corrected chi connectivity index (χ4v) is 4.58. The van der Waals surface area contributed by atoms with Crippen LogP contribution in [0.5, 0.6) is 0 Å². The van der Waals surface area contributed by atoms with Gasteiger partial charge in [0.1, 0.15) is 0 Å². The summed E-state index contributed by atoms with van der Waals surface area (Å²) in [7, 11) is -3.61. The van der Waals surface area contributed by atoms with Gasteiger partial charge in [0.15, 0.2) is 0 Å². The van der Waals surface area contributed by atoms with Crippen LogP contribution in [0.15, 0.2) is 114 Å². The first-order valence-corrected chi connectivity index (χ1v) is 12.6. The van der Waals surface area contributed by atoms with Gasteiger partial charge in [-0.05, 0) is 52.9 Å². The average molecular weight is 471 g/mol. The van der Waals surface area contributed by atoms with Crippen LogP contribution in [0.3, 0.4) is 0 Å². The molecule has 34 heavy (non-hydrogen) atoms. The van der Waals surface area contributed by atoms with Crippen molar-refractivity contribution in [1.82, 2.24) is 10.0 Å². The number of hydrogen-bond acceptors (Lipinski definition) is 3. The zero-order valence-electron chi connectivity index (χ0n) is 18.6. The lowest BCUT2D eigenvalue weighted by Gasteiger charge is -2.09. The third kappa shape index (κ3) is 6.19. The minimum atomic E-state index is -3.61. The van der Waals surface area contributed by atoms with Gasteiger partial charge in [0.2, 0.25) is 10.0 Å². The highest BCUT2D eigenvalue weighted by atomic mass is 32.2. The molecule has 0 saturated heterocycles. The van der Waals surface area contributed by atoms with Crippen molar-refractivity contribution in [2.24, 2.45) is 0 Å². The summed E-state index contributed by atoms with van der Waals surface area (Å²) in [6.07, 6.45) is 0.778. The van der Waals surface area contributed by atoms with Gasteiger partial charge in [-0.2, -0.15) is 0 Å². The van der Waals surface area contributed by atoms with Crippen molar-refractivity contribution in [3.8, 4) is 11.1 Å². The molecule has 0 aliphatic rings. The van der Waals surface area contributed by atoms with E-state index in [1.54, 1.807) is 36.4 Å². The highest BCUT2D eigenvalue weighted by Gasteiger charge is 2.14. The smallest absolute Gasteiger partial charge is 0.251 e. The first-order chi connectivity index (χ1) is 16.5. The fraction of sp³-hybridized carbons (Fsp3) is 0.107. The molecule has 0 fully saturated rings. The minimum absolute atomic E-state index is 0.117. The minimum Gasteiger partial charge on any atom is -0.352 e. The van der Waals surface area contributed by atoms with Crippen LogP contribution in [0.4, 0.5) is 0 Å². The number of carbonyl (C=O) groups excluding carboxylic acids is 1. The summed E-state index contributed by atoms with van der Waals surface area (Å²) in [4.78, 5) is 12.6. The molecule has 4 aromatic rings. The summed E-state index contributed by atoms with van der Waals surface area (Å²) in [6.45, 7) is 0.804. The van der Waals surface area contributed by atoms with Crippen molar-refractivity contribution in [3.63, 3.8) is 0 Å². The molecule has 4 aromatic carbocycles. The second-order valence-corrected chi connectivity index (χ2v) is 9.67. The van der Waals surface area contributed by atoms with E-state index < -0.39 is 10.0 Å². The van der Waals surface area contributed by atoms with E-state index in [1.807, 2.05) is 72.8 Å². The summed E-state index contributed by atoms with van der Waals surface area (Å²) in [6, 6.07) is 33.4. The number of sulfonamides is 1. The van der Waals surface area contributed by atoms with Crippen molar-refractivity contribution >= 4 is 15.9 Å². The summed E-state index contributed by atoms with van der Waals surface area (Å²) in [5.41, 5.74) is 4.44. The third-order valence-electron chi connectivity index (χ3n) is 5.50. The zero-order valence-corrected chi connectivity index (χ0v) is 19.5. The molecule has 1 amide bonds. The van der Waals surface area contributed by atoms with Crippen molar-refractivity contribution in [3.05, 3.63) is 126 Å². The first-order valence-electron chi connectivity index (χ1n) is 11.1. The van der Waals surface area contributed by atoms with E-state index in [-0.39, 0.29) is 17.3 Å². The van der Waals surface area contributed by atoms with Gasteiger partial charge in [-0.25, -0.2) is 13.1 Å². The Kier molecular flexibility index (Phi) is 7.52. The number of benzene rings is 4. The Morgan fingerprint density at radius 3 is 1.76 bits per heavy atom. The topological polar surface area (TPSA) is 75.3 Å². The molecule has 2 N–H and O–H groups in total. The molecular formula is C28H26N2O3S. The van der Waals surface area contributed by atoms with E-state index in [4.69, 9.17) is 0 Å². The van der Waals surface area contributed by atoms with Gasteiger partial charge in [-0.1, -0.05) is 84.9 Å².